The summed E-state index contributed by atoms with van der Waals surface area (Å²) in [5.74, 6) is -0.0813. The molecule has 18 heavy (non-hydrogen) atoms. The van der Waals surface area contributed by atoms with Gasteiger partial charge in [0.15, 0.2) is 0 Å². The quantitative estimate of drug-likeness (QED) is 0.883. The average molecular weight is 277 g/mol. The fraction of sp³-hybridized carbons (Fsp3) is 0.538. The summed E-state index contributed by atoms with van der Waals surface area (Å²) >= 11 is 0. The maximum Gasteiger partial charge on any atom is 0.127 e. The van der Waals surface area contributed by atoms with E-state index in [1.54, 1.807) is 0 Å². The van der Waals surface area contributed by atoms with Crippen LogP contribution >= 0.6 is 12.4 Å². The Hall–Kier alpha value is -0.710. The van der Waals surface area contributed by atoms with Crippen LogP contribution in [-0.4, -0.2) is 19.6 Å². The Morgan fingerprint density at radius 3 is 2.67 bits per heavy atom. The van der Waals surface area contributed by atoms with Gasteiger partial charge in [0, 0.05) is 12.1 Å². The monoisotopic (exact) mass is 276 g/mol. The van der Waals surface area contributed by atoms with E-state index in [0.717, 1.165) is 38.5 Å². The third-order valence-corrected chi connectivity index (χ3v) is 3.21. The first-order chi connectivity index (χ1) is 8.25. The zero-order valence-electron chi connectivity index (χ0n) is 10.2. The minimum absolute atomic E-state index is 0. The molecule has 1 aliphatic rings. The Balaban J connectivity index is 0.00000162. The fourth-order valence-corrected chi connectivity index (χ4v) is 2.18. The molecule has 1 saturated heterocycles. The van der Waals surface area contributed by atoms with Gasteiger partial charge in [-0.15, -0.1) is 12.4 Å². The predicted octanol–water partition coefficient (Wildman–Crippen LogP) is 2.48. The van der Waals surface area contributed by atoms with E-state index in [9.17, 15) is 8.78 Å². The van der Waals surface area contributed by atoms with Crippen molar-refractivity contribution in [2.24, 2.45) is 5.92 Å². The molecule has 1 aliphatic heterocycles. The molecule has 1 heterocycles. The molecule has 0 saturated carbocycles. The minimum Gasteiger partial charge on any atom is -0.317 e. The highest BCUT2D eigenvalue weighted by molar-refractivity contribution is 5.85. The summed E-state index contributed by atoms with van der Waals surface area (Å²) in [7, 11) is 0. The molecule has 2 N–H and O–H groups in total. The number of rotatable bonds is 4. The largest absolute Gasteiger partial charge is 0.317 e. The van der Waals surface area contributed by atoms with Gasteiger partial charge >= 0.3 is 0 Å². The normalized spacial score (nSPS) is 16.3. The van der Waals surface area contributed by atoms with Gasteiger partial charge in [-0.1, -0.05) is 0 Å². The van der Waals surface area contributed by atoms with Crippen molar-refractivity contribution in [1.82, 2.24) is 10.6 Å². The van der Waals surface area contributed by atoms with E-state index in [1.807, 2.05) is 0 Å². The van der Waals surface area contributed by atoms with Crippen LogP contribution in [0.25, 0.3) is 0 Å². The van der Waals surface area contributed by atoms with E-state index in [-0.39, 0.29) is 24.0 Å². The summed E-state index contributed by atoms with van der Waals surface area (Å²) in [5, 5.41) is 6.51. The molecule has 2 rings (SSSR count). The van der Waals surface area contributed by atoms with Crippen LogP contribution in [-0.2, 0) is 6.54 Å². The first-order valence-corrected chi connectivity index (χ1v) is 6.11. The van der Waals surface area contributed by atoms with Crippen LogP contribution in [0.5, 0.6) is 0 Å². The van der Waals surface area contributed by atoms with Crippen molar-refractivity contribution in [3.05, 3.63) is 35.4 Å². The van der Waals surface area contributed by atoms with Gasteiger partial charge in [-0.3, -0.25) is 0 Å². The number of nitrogens with one attached hydrogen (secondary N) is 2. The molecule has 1 aromatic carbocycles. The molecule has 0 aromatic heterocycles. The zero-order chi connectivity index (χ0) is 12.1. The Morgan fingerprint density at radius 2 is 1.94 bits per heavy atom. The van der Waals surface area contributed by atoms with E-state index in [1.165, 1.54) is 12.1 Å². The third kappa shape index (κ3) is 4.52. The Labute approximate surface area is 113 Å². The smallest absolute Gasteiger partial charge is 0.127 e. The summed E-state index contributed by atoms with van der Waals surface area (Å²) in [6, 6.07) is 3.58. The van der Waals surface area contributed by atoms with Gasteiger partial charge in [-0.2, -0.15) is 0 Å². The molecule has 1 fully saturated rings. The van der Waals surface area contributed by atoms with Crippen molar-refractivity contribution in [3.63, 3.8) is 0 Å². The van der Waals surface area contributed by atoms with Gasteiger partial charge in [0.2, 0.25) is 0 Å². The van der Waals surface area contributed by atoms with E-state index in [4.69, 9.17) is 0 Å². The van der Waals surface area contributed by atoms with Crippen LogP contribution in [0.3, 0.4) is 0 Å². The standard InChI is InChI=1S/C13H18F2N2.ClH/c14-12-1-2-13(15)11(7-12)9-17-8-10-3-5-16-6-4-10;/h1-2,7,10,16-17H,3-6,8-9H2;1H. The van der Waals surface area contributed by atoms with Crippen LogP contribution < -0.4 is 10.6 Å². The van der Waals surface area contributed by atoms with Crippen LogP contribution in [0.2, 0.25) is 0 Å². The number of hydrogen-bond acceptors (Lipinski definition) is 2. The Morgan fingerprint density at radius 1 is 1.22 bits per heavy atom. The zero-order valence-corrected chi connectivity index (χ0v) is 11.0. The first kappa shape index (κ1) is 15.3. The van der Waals surface area contributed by atoms with E-state index >= 15 is 0 Å². The highest BCUT2D eigenvalue weighted by Gasteiger charge is 2.12. The van der Waals surface area contributed by atoms with Gasteiger partial charge in [-0.25, -0.2) is 8.78 Å². The van der Waals surface area contributed by atoms with Crippen molar-refractivity contribution in [3.8, 4) is 0 Å². The molecular weight excluding hydrogens is 258 g/mol. The van der Waals surface area contributed by atoms with E-state index in [2.05, 4.69) is 10.6 Å². The molecule has 0 unspecified atom stereocenters. The van der Waals surface area contributed by atoms with E-state index < -0.39 is 0 Å². The molecule has 0 spiro atoms. The summed E-state index contributed by atoms with van der Waals surface area (Å²) in [5.41, 5.74) is 0.402. The van der Waals surface area contributed by atoms with Crippen LogP contribution in [0.15, 0.2) is 18.2 Å². The molecule has 0 aliphatic carbocycles. The number of hydrogen-bond donors (Lipinski definition) is 2. The van der Waals surface area contributed by atoms with Crippen LogP contribution in [0, 0.1) is 17.6 Å². The van der Waals surface area contributed by atoms with Crippen molar-refractivity contribution in [1.29, 1.82) is 0 Å². The maximum absolute atomic E-state index is 13.3. The molecule has 0 amide bonds. The van der Waals surface area contributed by atoms with Gasteiger partial charge in [-0.05, 0) is 56.6 Å². The molecule has 1 aromatic rings. The maximum atomic E-state index is 13.3. The van der Waals surface area contributed by atoms with Crippen LogP contribution in [0.4, 0.5) is 8.78 Å². The Kier molecular flexibility index (Phi) is 6.54. The number of benzene rings is 1. The summed E-state index contributed by atoms with van der Waals surface area (Å²) in [6.45, 7) is 3.38. The summed E-state index contributed by atoms with van der Waals surface area (Å²) < 4.78 is 26.2. The van der Waals surface area contributed by atoms with Crippen molar-refractivity contribution in [2.45, 2.75) is 19.4 Å². The lowest BCUT2D eigenvalue weighted by atomic mass is 9.98. The summed E-state index contributed by atoms with van der Waals surface area (Å²) in [6.07, 6.45) is 2.30. The molecule has 2 nitrogen and oxygen atoms in total. The number of piperidine rings is 1. The first-order valence-electron chi connectivity index (χ1n) is 6.11. The second-order valence-electron chi connectivity index (χ2n) is 4.56. The SMILES string of the molecule is Cl.Fc1ccc(F)c(CNCC2CCNCC2)c1. The van der Waals surface area contributed by atoms with Crippen molar-refractivity contribution >= 4 is 12.4 Å². The number of halogens is 3. The third-order valence-electron chi connectivity index (χ3n) is 3.21. The van der Waals surface area contributed by atoms with Crippen molar-refractivity contribution < 1.29 is 8.78 Å². The Bertz CT molecular complexity index is 368. The second-order valence-corrected chi connectivity index (χ2v) is 4.56. The molecule has 0 radical (unpaired) electrons. The topological polar surface area (TPSA) is 24.1 Å². The van der Waals surface area contributed by atoms with Gasteiger partial charge in [0.1, 0.15) is 11.6 Å². The van der Waals surface area contributed by atoms with Gasteiger partial charge in [0.25, 0.3) is 0 Å². The highest BCUT2D eigenvalue weighted by atomic mass is 35.5. The molecular formula is C13H19ClF2N2. The second kappa shape index (κ2) is 7.67. The lowest BCUT2D eigenvalue weighted by Gasteiger charge is -2.22. The highest BCUT2D eigenvalue weighted by Crippen LogP contribution is 2.12. The molecule has 0 bridgehead atoms. The van der Waals surface area contributed by atoms with Gasteiger partial charge < -0.3 is 10.6 Å². The lowest BCUT2D eigenvalue weighted by molar-refractivity contribution is 0.355. The fourth-order valence-electron chi connectivity index (χ4n) is 2.18. The van der Waals surface area contributed by atoms with Crippen LogP contribution in [0.1, 0.15) is 18.4 Å². The minimum atomic E-state index is -0.384. The molecule has 0 atom stereocenters. The van der Waals surface area contributed by atoms with Gasteiger partial charge in [0.05, 0.1) is 0 Å². The average Bonchev–Trinajstić information content (AvgIpc) is 2.35. The van der Waals surface area contributed by atoms with E-state index in [0.29, 0.717) is 18.0 Å². The summed E-state index contributed by atoms with van der Waals surface area (Å²) in [4.78, 5) is 0. The predicted molar refractivity (Wildman–Crippen MR) is 70.9 cm³/mol. The molecule has 102 valence electrons. The lowest BCUT2D eigenvalue weighted by Crippen LogP contribution is -2.33. The van der Waals surface area contributed by atoms with Crippen molar-refractivity contribution in [2.75, 3.05) is 19.6 Å². The molecule has 5 heteroatoms.